The summed E-state index contributed by atoms with van der Waals surface area (Å²) in [5.74, 6) is -0.970. The molecule has 0 aromatic heterocycles. The van der Waals surface area contributed by atoms with Crippen molar-refractivity contribution in [2.45, 2.75) is 136 Å². The van der Waals surface area contributed by atoms with Gasteiger partial charge in [-0.05, 0) is 89.9 Å². The molecule has 0 amide bonds. The molecule has 2 atom stereocenters. The Morgan fingerprint density at radius 1 is 0.526 bits per heavy atom. The standard InChI is InChI=1S/C47H74NO8P/c1-3-5-7-9-11-13-15-17-19-21-22-24-26-28-30-32-34-36-38-40-47(50)56-45(44-55-57(51,52)54-42-41-48)43-53-46(49)39-37-35-33-31-29-27-25-23-20-18-16-14-12-10-8-6-4-2/h5-8,11-14,17-20,22,24-25,27-28,30,34,36,45H,3-4,9-10,15-16,21,23,26,29,31-33,35,37-44,48H2,1-2H3,(H,51,52)/b7-5-,8-6-,13-11-,14-12-,19-17-,20-18-,24-22-,27-25-,30-28-,36-34-/t45-/m1/s1. The van der Waals surface area contributed by atoms with Gasteiger partial charge in [-0.1, -0.05) is 148 Å². The molecule has 0 aromatic rings. The molecule has 0 heterocycles. The second-order valence-corrected chi connectivity index (χ2v) is 14.5. The monoisotopic (exact) mass is 812 g/mol. The number of hydrogen-bond donors (Lipinski definition) is 2. The van der Waals surface area contributed by atoms with Gasteiger partial charge in [-0.25, -0.2) is 4.57 Å². The second-order valence-electron chi connectivity index (χ2n) is 13.1. The van der Waals surface area contributed by atoms with Crippen molar-refractivity contribution < 1.29 is 37.6 Å². The van der Waals surface area contributed by atoms with Crippen molar-refractivity contribution in [2.75, 3.05) is 26.4 Å². The third-order valence-electron chi connectivity index (χ3n) is 7.86. The van der Waals surface area contributed by atoms with E-state index < -0.39 is 32.5 Å². The van der Waals surface area contributed by atoms with Crippen LogP contribution in [0.4, 0.5) is 0 Å². The quantitative estimate of drug-likeness (QED) is 0.0272. The van der Waals surface area contributed by atoms with Crippen LogP contribution in [0.5, 0.6) is 0 Å². The van der Waals surface area contributed by atoms with Crippen molar-refractivity contribution in [3.05, 3.63) is 122 Å². The van der Waals surface area contributed by atoms with Crippen LogP contribution in [0.15, 0.2) is 122 Å². The number of carbonyl (C=O) groups excluding carboxylic acids is 2. The maximum absolute atomic E-state index is 12.5. The fourth-order valence-corrected chi connectivity index (χ4v) is 5.59. The largest absolute Gasteiger partial charge is 0.472 e. The summed E-state index contributed by atoms with van der Waals surface area (Å²) in [5, 5.41) is 0. The molecular weight excluding hydrogens is 737 g/mol. The summed E-state index contributed by atoms with van der Waals surface area (Å²) in [4.78, 5) is 34.8. The molecule has 0 saturated carbocycles. The number of nitrogens with two attached hydrogens (primary N) is 1. The molecule has 1 unspecified atom stereocenters. The van der Waals surface area contributed by atoms with Crippen LogP contribution in [0.1, 0.15) is 129 Å². The minimum Gasteiger partial charge on any atom is -0.462 e. The maximum atomic E-state index is 12.5. The van der Waals surface area contributed by atoms with E-state index in [9.17, 15) is 19.0 Å². The van der Waals surface area contributed by atoms with Crippen molar-refractivity contribution in [2.24, 2.45) is 5.73 Å². The lowest BCUT2D eigenvalue weighted by molar-refractivity contribution is -0.161. The van der Waals surface area contributed by atoms with Crippen LogP contribution in [0.2, 0.25) is 0 Å². The number of unbranched alkanes of at least 4 members (excludes halogenated alkanes) is 4. The van der Waals surface area contributed by atoms with Crippen LogP contribution in [0.3, 0.4) is 0 Å². The Bertz CT molecular complexity index is 1340. The molecule has 0 spiro atoms. The summed E-state index contributed by atoms with van der Waals surface area (Å²) in [6.07, 6.45) is 56.7. The van der Waals surface area contributed by atoms with Gasteiger partial charge in [0.1, 0.15) is 6.61 Å². The summed E-state index contributed by atoms with van der Waals surface area (Å²) in [5.41, 5.74) is 5.34. The lowest BCUT2D eigenvalue weighted by Gasteiger charge is -2.19. The lowest BCUT2D eigenvalue weighted by Crippen LogP contribution is -2.29. The molecule has 320 valence electrons. The highest BCUT2D eigenvalue weighted by molar-refractivity contribution is 7.47. The average molecular weight is 812 g/mol. The number of phosphoric ester groups is 1. The highest BCUT2D eigenvalue weighted by atomic mass is 31.2. The Hall–Kier alpha value is -3.59. The molecule has 0 aliphatic carbocycles. The predicted molar refractivity (Wildman–Crippen MR) is 237 cm³/mol. The highest BCUT2D eigenvalue weighted by Crippen LogP contribution is 2.43. The third-order valence-corrected chi connectivity index (χ3v) is 8.84. The zero-order valence-corrected chi connectivity index (χ0v) is 35.9. The van der Waals surface area contributed by atoms with Crippen LogP contribution in [-0.4, -0.2) is 49.3 Å². The van der Waals surface area contributed by atoms with E-state index in [1.165, 1.54) is 0 Å². The van der Waals surface area contributed by atoms with Gasteiger partial charge >= 0.3 is 19.8 Å². The van der Waals surface area contributed by atoms with E-state index in [0.717, 1.165) is 89.9 Å². The van der Waals surface area contributed by atoms with Gasteiger partial charge in [-0.2, -0.15) is 0 Å². The van der Waals surface area contributed by atoms with Crippen LogP contribution in [0.25, 0.3) is 0 Å². The minimum absolute atomic E-state index is 0.0307. The molecule has 9 nitrogen and oxygen atoms in total. The molecule has 3 N–H and O–H groups in total. The van der Waals surface area contributed by atoms with Crippen LogP contribution in [0, 0.1) is 0 Å². The molecule has 0 saturated heterocycles. The maximum Gasteiger partial charge on any atom is 0.472 e. The zero-order valence-electron chi connectivity index (χ0n) is 35.0. The zero-order chi connectivity index (χ0) is 41.8. The summed E-state index contributed by atoms with van der Waals surface area (Å²) in [6, 6.07) is 0. The van der Waals surface area contributed by atoms with Crippen molar-refractivity contribution in [1.29, 1.82) is 0 Å². The second kappa shape index (κ2) is 42.0. The van der Waals surface area contributed by atoms with Crippen molar-refractivity contribution in [3.63, 3.8) is 0 Å². The van der Waals surface area contributed by atoms with Gasteiger partial charge in [-0.15, -0.1) is 0 Å². The number of ether oxygens (including phenoxy) is 2. The summed E-state index contributed by atoms with van der Waals surface area (Å²) >= 11 is 0. The van der Waals surface area contributed by atoms with E-state index in [1.54, 1.807) is 0 Å². The number of hydrogen-bond acceptors (Lipinski definition) is 8. The summed E-state index contributed by atoms with van der Waals surface area (Å²) < 4.78 is 32.6. The van der Waals surface area contributed by atoms with E-state index in [4.69, 9.17) is 24.3 Å². The highest BCUT2D eigenvalue weighted by Gasteiger charge is 2.25. The first kappa shape index (κ1) is 53.4. The van der Waals surface area contributed by atoms with Crippen LogP contribution in [-0.2, 0) is 32.7 Å². The van der Waals surface area contributed by atoms with Gasteiger partial charge in [0.05, 0.1) is 13.2 Å². The Morgan fingerprint density at radius 3 is 1.40 bits per heavy atom. The summed E-state index contributed by atoms with van der Waals surface area (Å²) in [6.45, 7) is 3.35. The van der Waals surface area contributed by atoms with Gasteiger partial charge in [0, 0.05) is 19.4 Å². The molecule has 0 radical (unpaired) electrons. The SMILES string of the molecule is CC/C=C\C/C=C\C/C=C\C/C=C\C/C=C\C/C=C\CCC(=O)O[C@H](COC(=O)CCCCCC/C=C\C/C=C\C/C=C\C/C=C\CC)COP(=O)(O)OCCN. The number of phosphoric acid groups is 1. The molecule has 0 rings (SSSR count). The molecule has 0 aliphatic rings. The first-order valence-corrected chi connectivity index (χ1v) is 22.5. The van der Waals surface area contributed by atoms with Crippen molar-refractivity contribution in [1.82, 2.24) is 0 Å². The van der Waals surface area contributed by atoms with Crippen molar-refractivity contribution >= 4 is 19.8 Å². The van der Waals surface area contributed by atoms with E-state index in [2.05, 4.69) is 123 Å². The van der Waals surface area contributed by atoms with Crippen molar-refractivity contribution in [3.8, 4) is 0 Å². The molecule has 57 heavy (non-hydrogen) atoms. The molecule has 0 aliphatic heterocycles. The van der Waals surface area contributed by atoms with Crippen LogP contribution < -0.4 is 5.73 Å². The topological polar surface area (TPSA) is 134 Å². The predicted octanol–water partition coefficient (Wildman–Crippen LogP) is 12.2. The van der Waals surface area contributed by atoms with E-state index >= 15 is 0 Å². The van der Waals surface area contributed by atoms with Gasteiger partial charge in [-0.3, -0.25) is 18.6 Å². The fourth-order valence-electron chi connectivity index (χ4n) is 4.83. The van der Waals surface area contributed by atoms with Gasteiger partial charge in [0.15, 0.2) is 6.10 Å². The molecular formula is C47H74NO8P. The normalized spacial score (nSPS) is 14.5. The fraction of sp³-hybridized carbons (Fsp3) is 0.532. The van der Waals surface area contributed by atoms with E-state index in [1.807, 2.05) is 12.2 Å². The Kier molecular flexibility index (Phi) is 39.4. The number of allylic oxidation sites excluding steroid dienone is 20. The molecule has 10 heteroatoms. The number of rotatable bonds is 37. The number of esters is 2. The first-order chi connectivity index (χ1) is 27.8. The number of carbonyl (C=O) groups is 2. The van der Waals surface area contributed by atoms with E-state index in [0.29, 0.717) is 12.8 Å². The van der Waals surface area contributed by atoms with Gasteiger partial charge in [0.25, 0.3) is 0 Å². The van der Waals surface area contributed by atoms with E-state index in [-0.39, 0.29) is 32.6 Å². The lowest BCUT2D eigenvalue weighted by atomic mass is 10.1. The molecule has 0 aromatic carbocycles. The van der Waals surface area contributed by atoms with Gasteiger partial charge < -0.3 is 20.1 Å². The Morgan fingerprint density at radius 2 is 0.947 bits per heavy atom. The minimum atomic E-state index is -4.41. The summed E-state index contributed by atoms with van der Waals surface area (Å²) in [7, 11) is -4.41. The first-order valence-electron chi connectivity index (χ1n) is 21.0. The van der Waals surface area contributed by atoms with Crippen LogP contribution >= 0.6 is 7.82 Å². The van der Waals surface area contributed by atoms with Gasteiger partial charge in [0.2, 0.25) is 0 Å². The Balaban J connectivity index is 4.38. The Labute approximate surface area is 345 Å². The third kappa shape index (κ3) is 41.9. The smallest absolute Gasteiger partial charge is 0.462 e. The average Bonchev–Trinajstić information content (AvgIpc) is 3.20. The molecule has 0 fully saturated rings. The molecule has 0 bridgehead atoms.